The molecule has 174 valence electrons. The van der Waals surface area contributed by atoms with E-state index in [0.29, 0.717) is 24.7 Å². The number of hydrogen-bond acceptors (Lipinski definition) is 4. The van der Waals surface area contributed by atoms with E-state index in [1.165, 1.54) is 10.4 Å². The molecule has 2 heterocycles. The number of rotatable bonds is 6. The Balaban J connectivity index is 1.45. The molecule has 1 atom stereocenters. The van der Waals surface area contributed by atoms with Gasteiger partial charge in [-0.2, -0.15) is 17.5 Å². The molecule has 0 N–H and O–H groups in total. The van der Waals surface area contributed by atoms with Gasteiger partial charge in [0.05, 0.1) is 22.8 Å². The normalized spacial score (nSPS) is 19.6. The molecule has 0 spiro atoms. The molecule has 1 saturated carbocycles. The van der Waals surface area contributed by atoms with Crippen LogP contribution in [0.1, 0.15) is 50.0 Å². The van der Waals surface area contributed by atoms with Gasteiger partial charge in [-0.25, -0.2) is 8.42 Å². The number of piperidine rings is 1. The number of amides is 1. The van der Waals surface area contributed by atoms with Gasteiger partial charge in [-0.05, 0) is 62.9 Å². The fourth-order valence-corrected chi connectivity index (χ4v) is 5.76. The molecule has 4 rings (SSSR count). The summed E-state index contributed by atoms with van der Waals surface area (Å²) < 4.78 is 71.4. The summed E-state index contributed by atoms with van der Waals surface area (Å²) in [6.07, 6.45) is -0.546. The van der Waals surface area contributed by atoms with Gasteiger partial charge >= 0.3 is 6.18 Å². The first-order chi connectivity index (χ1) is 15.1. The number of carbonyl (C=O) groups is 1. The van der Waals surface area contributed by atoms with Crippen molar-refractivity contribution in [3.63, 3.8) is 0 Å². The first-order valence-electron chi connectivity index (χ1n) is 10.6. The minimum absolute atomic E-state index is 0.0208. The Bertz CT molecular complexity index is 1060. The lowest BCUT2D eigenvalue weighted by molar-refractivity contribution is -0.140. The van der Waals surface area contributed by atoms with Crippen molar-refractivity contribution in [3.8, 4) is 0 Å². The summed E-state index contributed by atoms with van der Waals surface area (Å²) in [4.78, 5) is 14.8. The van der Waals surface area contributed by atoms with Gasteiger partial charge in [-0.3, -0.25) is 4.79 Å². The summed E-state index contributed by atoms with van der Waals surface area (Å²) in [5.41, 5.74) is -1.00. The Labute approximate surface area is 185 Å². The lowest BCUT2D eigenvalue weighted by Gasteiger charge is -2.36. The Kier molecular flexibility index (Phi) is 6.10. The van der Waals surface area contributed by atoms with Gasteiger partial charge in [0.2, 0.25) is 15.9 Å². The van der Waals surface area contributed by atoms with Gasteiger partial charge in [0.1, 0.15) is 5.76 Å². The number of halogens is 3. The maximum absolute atomic E-state index is 13.3. The molecule has 1 aliphatic heterocycles. The highest BCUT2D eigenvalue weighted by atomic mass is 32.2. The summed E-state index contributed by atoms with van der Waals surface area (Å²) in [6.45, 7) is 2.09. The largest absolute Gasteiger partial charge is 0.467 e. The Morgan fingerprint density at radius 2 is 1.81 bits per heavy atom. The van der Waals surface area contributed by atoms with Crippen LogP contribution in [0.2, 0.25) is 0 Å². The quantitative estimate of drug-likeness (QED) is 0.626. The van der Waals surface area contributed by atoms with E-state index < -0.39 is 21.8 Å². The second-order valence-corrected chi connectivity index (χ2v) is 10.3. The topological polar surface area (TPSA) is 70.8 Å². The lowest BCUT2D eigenvalue weighted by Crippen LogP contribution is -2.45. The van der Waals surface area contributed by atoms with Crippen molar-refractivity contribution in [2.45, 2.75) is 55.8 Å². The fraction of sp³-hybridized carbons (Fsp3) is 0.500. The van der Waals surface area contributed by atoms with Crippen molar-refractivity contribution in [1.82, 2.24) is 9.21 Å². The van der Waals surface area contributed by atoms with E-state index in [1.807, 2.05) is 17.9 Å². The monoisotopic (exact) mass is 470 g/mol. The van der Waals surface area contributed by atoms with Gasteiger partial charge in [0.25, 0.3) is 0 Å². The molecular weight excluding hydrogens is 445 g/mol. The number of furan rings is 1. The fourth-order valence-electron chi connectivity index (χ4n) is 4.24. The van der Waals surface area contributed by atoms with Gasteiger partial charge in [-0.1, -0.05) is 6.07 Å². The summed E-state index contributed by atoms with van der Waals surface area (Å²) >= 11 is 0. The Morgan fingerprint density at radius 3 is 2.38 bits per heavy atom. The summed E-state index contributed by atoms with van der Waals surface area (Å²) in [7, 11) is -4.08. The highest BCUT2D eigenvalue weighted by Crippen LogP contribution is 2.38. The van der Waals surface area contributed by atoms with E-state index in [-0.39, 0.29) is 41.9 Å². The first-order valence-corrected chi connectivity index (χ1v) is 12.1. The second-order valence-electron chi connectivity index (χ2n) is 8.37. The molecule has 0 radical (unpaired) electrons. The van der Waals surface area contributed by atoms with Crippen LogP contribution < -0.4 is 0 Å². The predicted octanol–water partition coefficient (Wildman–Crippen LogP) is 4.45. The van der Waals surface area contributed by atoms with Gasteiger partial charge in [0, 0.05) is 25.0 Å². The Morgan fingerprint density at radius 1 is 1.12 bits per heavy atom. The number of sulfonamides is 1. The van der Waals surface area contributed by atoms with Crippen LogP contribution in [0.4, 0.5) is 13.2 Å². The zero-order chi connectivity index (χ0) is 23.1. The lowest BCUT2D eigenvalue weighted by atomic mass is 9.95. The van der Waals surface area contributed by atoms with Gasteiger partial charge in [-0.15, -0.1) is 0 Å². The number of carbonyl (C=O) groups excluding carboxylic acids is 1. The molecule has 2 aliphatic rings. The first kappa shape index (κ1) is 22.8. The average molecular weight is 471 g/mol. The van der Waals surface area contributed by atoms with E-state index in [1.54, 1.807) is 12.3 Å². The van der Waals surface area contributed by atoms with Crippen molar-refractivity contribution in [2.75, 3.05) is 13.1 Å². The molecular formula is C22H25F3N2O4S. The molecule has 2 aromatic rings. The second kappa shape index (κ2) is 8.55. The van der Waals surface area contributed by atoms with E-state index in [9.17, 15) is 26.4 Å². The highest BCUT2D eigenvalue weighted by molar-refractivity contribution is 7.89. The summed E-state index contributed by atoms with van der Waals surface area (Å²) in [6, 6.07) is 7.32. The van der Waals surface area contributed by atoms with Crippen LogP contribution in [-0.2, 0) is 21.0 Å². The minimum Gasteiger partial charge on any atom is -0.467 e. The molecule has 1 aliphatic carbocycles. The molecule has 2 fully saturated rings. The van der Waals surface area contributed by atoms with E-state index >= 15 is 0 Å². The Hall–Kier alpha value is -2.33. The SMILES string of the molecule is CC(c1ccco1)N(C(=O)C1CCN(S(=O)(=O)c2cccc(C(F)(F)F)c2)CC1)C1CC1. The molecule has 10 heteroatoms. The third kappa shape index (κ3) is 4.56. The predicted molar refractivity (Wildman–Crippen MR) is 110 cm³/mol. The molecule has 32 heavy (non-hydrogen) atoms. The van der Waals surface area contributed by atoms with Crippen LogP contribution in [0.3, 0.4) is 0 Å². The molecule has 1 amide bonds. The van der Waals surface area contributed by atoms with Crippen LogP contribution in [0.5, 0.6) is 0 Å². The smallest absolute Gasteiger partial charge is 0.416 e. The van der Waals surface area contributed by atoms with Crippen molar-refractivity contribution >= 4 is 15.9 Å². The molecule has 1 unspecified atom stereocenters. The van der Waals surface area contributed by atoms with Crippen LogP contribution in [0.25, 0.3) is 0 Å². The minimum atomic E-state index is -4.62. The van der Waals surface area contributed by atoms with E-state index in [4.69, 9.17) is 4.42 Å². The number of hydrogen-bond donors (Lipinski definition) is 0. The van der Waals surface area contributed by atoms with E-state index in [2.05, 4.69) is 0 Å². The van der Waals surface area contributed by atoms with Crippen LogP contribution >= 0.6 is 0 Å². The zero-order valence-corrected chi connectivity index (χ0v) is 18.4. The zero-order valence-electron chi connectivity index (χ0n) is 17.6. The van der Waals surface area contributed by atoms with Crippen LogP contribution in [0.15, 0.2) is 52.0 Å². The van der Waals surface area contributed by atoms with Crippen molar-refractivity contribution in [2.24, 2.45) is 5.92 Å². The maximum Gasteiger partial charge on any atom is 0.416 e. The van der Waals surface area contributed by atoms with Crippen LogP contribution in [0, 0.1) is 5.92 Å². The molecule has 6 nitrogen and oxygen atoms in total. The molecule has 1 aromatic carbocycles. The third-order valence-corrected chi connectivity index (χ3v) is 8.06. The van der Waals surface area contributed by atoms with Crippen molar-refractivity contribution in [3.05, 3.63) is 54.0 Å². The molecule has 0 bridgehead atoms. The number of alkyl halides is 3. The molecule has 1 saturated heterocycles. The van der Waals surface area contributed by atoms with Crippen molar-refractivity contribution in [1.29, 1.82) is 0 Å². The molecule has 1 aromatic heterocycles. The third-order valence-electron chi connectivity index (χ3n) is 6.17. The number of nitrogens with zero attached hydrogens (tertiary/aromatic N) is 2. The highest BCUT2D eigenvalue weighted by Gasteiger charge is 2.42. The summed E-state index contributed by atoms with van der Waals surface area (Å²) in [5, 5.41) is 0. The maximum atomic E-state index is 13.3. The standard InChI is InChI=1S/C22H25F3N2O4S/c1-15(20-6-3-13-31-20)27(18-7-8-18)21(28)16-9-11-26(12-10-16)32(29,30)19-5-2-4-17(14-19)22(23,24)25/h2-6,13-16,18H,7-12H2,1H3. The number of benzene rings is 1. The average Bonchev–Trinajstić information content (AvgIpc) is 3.44. The van der Waals surface area contributed by atoms with E-state index in [0.717, 1.165) is 25.0 Å². The summed E-state index contributed by atoms with van der Waals surface area (Å²) in [5.74, 6) is 0.350. The van der Waals surface area contributed by atoms with Gasteiger partial charge in [0.15, 0.2) is 0 Å². The van der Waals surface area contributed by atoms with Crippen LogP contribution in [-0.4, -0.2) is 42.7 Å². The van der Waals surface area contributed by atoms with Gasteiger partial charge < -0.3 is 9.32 Å². The van der Waals surface area contributed by atoms with Crippen molar-refractivity contribution < 1.29 is 30.8 Å².